The molecule has 0 amide bonds. The molecule has 19 heavy (non-hydrogen) atoms. The Morgan fingerprint density at radius 2 is 2.00 bits per heavy atom. The molecule has 0 aliphatic carbocycles. The van der Waals surface area contributed by atoms with E-state index in [9.17, 15) is 13.2 Å². The van der Waals surface area contributed by atoms with Gasteiger partial charge in [0, 0.05) is 6.42 Å². The number of terminal acetylenes is 1. The number of hydrogen-bond acceptors (Lipinski definition) is 4. The minimum absolute atomic E-state index is 0.0849. The van der Waals surface area contributed by atoms with Gasteiger partial charge in [0.2, 0.25) is 10.0 Å². The molecule has 0 aliphatic heterocycles. The number of benzene rings is 1. The molecule has 0 unspecified atom stereocenters. The Balaban J connectivity index is 2.54. The Labute approximate surface area is 113 Å². The number of hydrogen-bond donors (Lipinski definition) is 1. The highest BCUT2D eigenvalue weighted by Crippen LogP contribution is 2.09. The fourth-order valence-electron chi connectivity index (χ4n) is 1.23. The summed E-state index contributed by atoms with van der Waals surface area (Å²) in [4.78, 5) is 11.3. The van der Waals surface area contributed by atoms with Crippen molar-refractivity contribution in [1.82, 2.24) is 4.72 Å². The van der Waals surface area contributed by atoms with E-state index in [4.69, 9.17) is 11.2 Å². The van der Waals surface area contributed by atoms with Crippen LogP contribution in [0.25, 0.3) is 0 Å². The van der Waals surface area contributed by atoms with Crippen LogP contribution in [0.4, 0.5) is 0 Å². The summed E-state index contributed by atoms with van der Waals surface area (Å²) in [6.45, 7) is 1.52. The standard InChI is InChI=1S/C13H15NO4S/c1-3-4-9-18-13(15)10-14-19(16,17)12-7-5-11(2)6-8-12/h1,5-8,14H,4,9-10H2,2H3. The number of carbonyl (C=O) groups is 1. The highest BCUT2D eigenvalue weighted by molar-refractivity contribution is 7.89. The maximum Gasteiger partial charge on any atom is 0.321 e. The summed E-state index contributed by atoms with van der Waals surface area (Å²) in [5, 5.41) is 0. The predicted molar refractivity (Wildman–Crippen MR) is 70.8 cm³/mol. The van der Waals surface area contributed by atoms with Crippen LogP contribution in [0.3, 0.4) is 0 Å². The second-order valence-electron chi connectivity index (χ2n) is 3.81. The van der Waals surface area contributed by atoms with E-state index >= 15 is 0 Å². The predicted octanol–water partition coefficient (Wildman–Crippen LogP) is 0.840. The maximum atomic E-state index is 11.8. The molecule has 1 aromatic carbocycles. The molecule has 0 radical (unpaired) electrons. The van der Waals surface area contributed by atoms with Crippen LogP contribution >= 0.6 is 0 Å². The molecule has 102 valence electrons. The van der Waals surface area contributed by atoms with Gasteiger partial charge in [-0.2, -0.15) is 4.72 Å². The lowest BCUT2D eigenvalue weighted by Crippen LogP contribution is -2.30. The van der Waals surface area contributed by atoms with Crippen molar-refractivity contribution in [3.8, 4) is 12.3 Å². The summed E-state index contributed by atoms with van der Waals surface area (Å²) in [7, 11) is -3.69. The lowest BCUT2D eigenvalue weighted by molar-refractivity contribution is -0.141. The topological polar surface area (TPSA) is 72.5 Å². The van der Waals surface area contributed by atoms with E-state index < -0.39 is 22.5 Å². The van der Waals surface area contributed by atoms with Crippen molar-refractivity contribution in [3.05, 3.63) is 29.8 Å². The minimum atomic E-state index is -3.69. The van der Waals surface area contributed by atoms with Gasteiger partial charge in [0.05, 0.1) is 4.90 Å². The molecule has 0 spiro atoms. The van der Waals surface area contributed by atoms with Crippen molar-refractivity contribution in [2.45, 2.75) is 18.2 Å². The van der Waals surface area contributed by atoms with Gasteiger partial charge < -0.3 is 4.74 Å². The first-order valence-corrected chi connectivity index (χ1v) is 7.09. The van der Waals surface area contributed by atoms with Crippen molar-refractivity contribution in [3.63, 3.8) is 0 Å². The first-order valence-electron chi connectivity index (χ1n) is 5.61. The van der Waals surface area contributed by atoms with E-state index in [1.165, 1.54) is 12.1 Å². The Morgan fingerprint density at radius 3 is 2.58 bits per heavy atom. The molecular formula is C13H15NO4S. The molecule has 0 fully saturated rings. The van der Waals surface area contributed by atoms with Crippen molar-refractivity contribution in [1.29, 1.82) is 0 Å². The number of aryl methyl sites for hydroxylation is 1. The molecule has 5 nitrogen and oxygen atoms in total. The van der Waals surface area contributed by atoms with Crippen LogP contribution in [0.1, 0.15) is 12.0 Å². The van der Waals surface area contributed by atoms with Gasteiger partial charge in [-0.3, -0.25) is 4.79 Å². The molecule has 0 bridgehead atoms. The third-order valence-electron chi connectivity index (χ3n) is 2.25. The van der Waals surface area contributed by atoms with Crippen LogP contribution in [-0.2, 0) is 19.6 Å². The van der Waals surface area contributed by atoms with Crippen LogP contribution in [0.15, 0.2) is 29.2 Å². The molecule has 0 saturated carbocycles. The molecule has 1 aromatic rings. The molecule has 0 atom stereocenters. The summed E-state index contributed by atoms with van der Waals surface area (Å²) in [6.07, 6.45) is 5.30. The van der Waals surface area contributed by atoms with Crippen molar-refractivity contribution in [2.24, 2.45) is 0 Å². The van der Waals surface area contributed by atoms with E-state index in [1.807, 2.05) is 6.92 Å². The minimum Gasteiger partial charge on any atom is -0.464 e. The fraction of sp³-hybridized carbons (Fsp3) is 0.308. The Hall–Kier alpha value is -1.84. The van der Waals surface area contributed by atoms with Gasteiger partial charge in [-0.25, -0.2) is 8.42 Å². The quantitative estimate of drug-likeness (QED) is 0.476. The molecule has 0 aromatic heterocycles. The van der Waals surface area contributed by atoms with Crippen LogP contribution in [-0.4, -0.2) is 27.5 Å². The number of nitrogens with one attached hydrogen (secondary N) is 1. The second-order valence-corrected chi connectivity index (χ2v) is 5.58. The zero-order chi connectivity index (χ0) is 14.3. The van der Waals surface area contributed by atoms with Crippen molar-refractivity contribution >= 4 is 16.0 Å². The average Bonchev–Trinajstić information content (AvgIpc) is 2.37. The molecule has 0 heterocycles. The zero-order valence-electron chi connectivity index (χ0n) is 10.5. The average molecular weight is 281 g/mol. The summed E-state index contributed by atoms with van der Waals surface area (Å²) in [5.74, 6) is 1.65. The van der Waals surface area contributed by atoms with E-state index in [1.54, 1.807) is 12.1 Å². The van der Waals surface area contributed by atoms with E-state index in [-0.39, 0.29) is 11.5 Å². The molecular weight excluding hydrogens is 266 g/mol. The normalized spacial score (nSPS) is 10.7. The summed E-state index contributed by atoms with van der Waals surface area (Å²) in [6, 6.07) is 6.31. The Bertz CT molecular complexity index is 570. The van der Waals surface area contributed by atoms with Crippen LogP contribution < -0.4 is 4.72 Å². The third-order valence-corrected chi connectivity index (χ3v) is 3.66. The van der Waals surface area contributed by atoms with Gasteiger partial charge in [-0.15, -0.1) is 12.3 Å². The van der Waals surface area contributed by atoms with Crippen LogP contribution in [0, 0.1) is 19.3 Å². The Kier molecular flexibility index (Phi) is 5.55. The monoisotopic (exact) mass is 281 g/mol. The highest BCUT2D eigenvalue weighted by atomic mass is 32.2. The van der Waals surface area contributed by atoms with Gasteiger partial charge >= 0.3 is 5.97 Å². The van der Waals surface area contributed by atoms with E-state index in [2.05, 4.69) is 10.6 Å². The van der Waals surface area contributed by atoms with Crippen molar-refractivity contribution < 1.29 is 17.9 Å². The molecule has 1 N–H and O–H groups in total. The van der Waals surface area contributed by atoms with Gasteiger partial charge in [0.25, 0.3) is 0 Å². The van der Waals surface area contributed by atoms with Gasteiger partial charge in [-0.05, 0) is 19.1 Å². The van der Waals surface area contributed by atoms with Gasteiger partial charge in [-0.1, -0.05) is 17.7 Å². The number of ether oxygens (including phenoxy) is 1. The largest absolute Gasteiger partial charge is 0.464 e. The van der Waals surface area contributed by atoms with E-state index in [0.29, 0.717) is 6.42 Å². The SMILES string of the molecule is C#CCCOC(=O)CNS(=O)(=O)c1ccc(C)cc1. The first-order chi connectivity index (χ1) is 8.95. The second kappa shape index (κ2) is 6.92. The molecule has 0 aliphatic rings. The molecule has 0 saturated heterocycles. The maximum absolute atomic E-state index is 11.8. The van der Waals surface area contributed by atoms with Gasteiger partial charge in [0.1, 0.15) is 13.2 Å². The van der Waals surface area contributed by atoms with Crippen LogP contribution in [0.2, 0.25) is 0 Å². The number of rotatable bonds is 6. The lowest BCUT2D eigenvalue weighted by atomic mass is 10.2. The van der Waals surface area contributed by atoms with Gasteiger partial charge in [0.15, 0.2) is 0 Å². The lowest BCUT2D eigenvalue weighted by Gasteiger charge is -2.07. The summed E-state index contributed by atoms with van der Waals surface area (Å²) < 4.78 is 30.5. The molecule has 1 rings (SSSR count). The number of sulfonamides is 1. The first kappa shape index (κ1) is 15.2. The number of esters is 1. The zero-order valence-corrected chi connectivity index (χ0v) is 11.4. The van der Waals surface area contributed by atoms with E-state index in [0.717, 1.165) is 5.56 Å². The third kappa shape index (κ3) is 5.12. The van der Waals surface area contributed by atoms with Crippen molar-refractivity contribution in [2.75, 3.05) is 13.2 Å². The molecule has 6 heteroatoms. The van der Waals surface area contributed by atoms with Crippen LogP contribution in [0.5, 0.6) is 0 Å². The number of carbonyl (C=O) groups excluding carboxylic acids is 1. The highest BCUT2D eigenvalue weighted by Gasteiger charge is 2.15. The summed E-state index contributed by atoms with van der Waals surface area (Å²) in [5.41, 5.74) is 0.952. The Morgan fingerprint density at radius 1 is 1.37 bits per heavy atom. The fourth-order valence-corrected chi connectivity index (χ4v) is 2.20. The summed E-state index contributed by atoms with van der Waals surface area (Å²) >= 11 is 0. The smallest absolute Gasteiger partial charge is 0.321 e.